The van der Waals surface area contributed by atoms with Crippen molar-refractivity contribution >= 4 is 33.2 Å². The van der Waals surface area contributed by atoms with Gasteiger partial charge in [-0.05, 0) is 87.6 Å². The summed E-state index contributed by atoms with van der Waals surface area (Å²) in [4.78, 5) is 2.54. The first-order valence-corrected chi connectivity index (χ1v) is 17.9. The van der Waals surface area contributed by atoms with Crippen molar-refractivity contribution < 1.29 is 8.42 Å². The lowest BCUT2D eigenvalue weighted by atomic mass is 10.0. The molecule has 0 unspecified atom stereocenters. The van der Waals surface area contributed by atoms with Gasteiger partial charge in [-0.2, -0.15) is 9.40 Å². The summed E-state index contributed by atoms with van der Waals surface area (Å²) in [6.45, 7) is 5.74. The molecular weight excluding hydrogens is 601 g/mol. The summed E-state index contributed by atoms with van der Waals surface area (Å²) < 4.78 is 28.6. The molecular formula is C33H39Cl2N5O2S. The van der Waals surface area contributed by atoms with Gasteiger partial charge >= 0.3 is 0 Å². The smallest absolute Gasteiger partial charge is 0.211 e. The molecule has 7 nitrogen and oxygen atoms in total. The van der Waals surface area contributed by atoms with Crippen LogP contribution in [0, 0.1) is 11.8 Å². The van der Waals surface area contributed by atoms with E-state index in [0.717, 1.165) is 64.7 Å². The highest BCUT2D eigenvalue weighted by Crippen LogP contribution is 2.33. The third kappa shape index (κ3) is 7.65. The maximum atomic E-state index is 12.5. The molecule has 3 aliphatic rings. The van der Waals surface area contributed by atoms with E-state index in [4.69, 9.17) is 28.3 Å². The normalized spacial score (nSPS) is 17.8. The van der Waals surface area contributed by atoms with Crippen LogP contribution in [-0.2, 0) is 36.1 Å². The van der Waals surface area contributed by atoms with Crippen LogP contribution < -0.4 is 5.32 Å². The first-order valence-electron chi connectivity index (χ1n) is 15.3. The molecule has 0 bridgehead atoms. The summed E-state index contributed by atoms with van der Waals surface area (Å²) in [6.07, 6.45) is 9.27. The summed E-state index contributed by atoms with van der Waals surface area (Å²) >= 11 is 13.1. The zero-order valence-electron chi connectivity index (χ0n) is 24.7. The maximum Gasteiger partial charge on any atom is 0.211 e. The molecule has 0 radical (unpaired) electrons. The van der Waals surface area contributed by atoms with Gasteiger partial charge in [0.25, 0.3) is 0 Å². The van der Waals surface area contributed by atoms with Gasteiger partial charge in [-0.15, -0.1) is 0 Å². The molecule has 1 saturated carbocycles. The molecule has 3 aromatic rings. The SMILES string of the molecule is CS(=O)(=O)N1CCc2c(c(-c3ccc(Cl)c(C#Cc4ccc(Cl)c(CNC5CC5)c4)c3)nn2CCCN2CCCCC2)C1. The topological polar surface area (TPSA) is 70.5 Å². The molecule has 1 aromatic heterocycles. The van der Waals surface area contributed by atoms with Crippen LogP contribution in [0.15, 0.2) is 36.4 Å². The minimum absolute atomic E-state index is 0.321. The molecule has 1 saturated heterocycles. The number of aryl methyl sites for hydroxylation is 1. The van der Waals surface area contributed by atoms with Crippen LogP contribution in [0.3, 0.4) is 0 Å². The van der Waals surface area contributed by atoms with Gasteiger partial charge in [0, 0.05) is 71.6 Å². The number of rotatable bonds is 9. The van der Waals surface area contributed by atoms with Crippen LogP contribution in [0.4, 0.5) is 0 Å². The van der Waals surface area contributed by atoms with Crippen molar-refractivity contribution in [2.24, 2.45) is 0 Å². The second kappa shape index (κ2) is 13.3. The van der Waals surface area contributed by atoms with Crippen molar-refractivity contribution in [3.63, 3.8) is 0 Å². The van der Waals surface area contributed by atoms with Gasteiger partial charge in [-0.3, -0.25) is 4.68 Å². The van der Waals surface area contributed by atoms with Crippen LogP contribution in [0.1, 0.15) is 66.5 Å². The van der Waals surface area contributed by atoms with Crippen LogP contribution in [0.25, 0.3) is 11.3 Å². The number of nitrogens with zero attached hydrogens (tertiary/aromatic N) is 4. The number of hydrogen-bond acceptors (Lipinski definition) is 5. The Labute approximate surface area is 265 Å². The molecule has 0 spiro atoms. The number of hydrogen-bond donors (Lipinski definition) is 1. The van der Waals surface area contributed by atoms with E-state index in [2.05, 4.69) is 26.7 Å². The Balaban J connectivity index is 1.27. The number of fused-ring (bicyclic) bond motifs is 1. The van der Waals surface area contributed by atoms with Gasteiger partial charge in [-0.25, -0.2) is 8.42 Å². The number of likely N-dealkylation sites (tertiary alicyclic amines) is 1. The minimum atomic E-state index is -3.32. The molecule has 0 amide bonds. The zero-order valence-corrected chi connectivity index (χ0v) is 27.0. The molecule has 2 aromatic carbocycles. The van der Waals surface area contributed by atoms with Crippen molar-refractivity contribution in [2.75, 3.05) is 32.4 Å². The molecule has 10 heteroatoms. The van der Waals surface area contributed by atoms with Crippen molar-refractivity contribution in [3.8, 4) is 23.1 Å². The molecule has 1 aliphatic carbocycles. The molecule has 228 valence electrons. The predicted molar refractivity (Wildman–Crippen MR) is 174 cm³/mol. The summed E-state index contributed by atoms with van der Waals surface area (Å²) in [5.74, 6) is 6.53. The van der Waals surface area contributed by atoms with Gasteiger partial charge in [0.1, 0.15) is 0 Å². The molecule has 2 fully saturated rings. The molecule has 0 atom stereocenters. The van der Waals surface area contributed by atoms with Crippen LogP contribution in [-0.4, -0.2) is 65.9 Å². The number of sulfonamides is 1. The Kier molecular flexibility index (Phi) is 9.49. The summed E-state index contributed by atoms with van der Waals surface area (Å²) in [7, 11) is -3.32. The third-order valence-electron chi connectivity index (χ3n) is 8.65. The largest absolute Gasteiger partial charge is 0.310 e. The lowest BCUT2D eigenvalue weighted by molar-refractivity contribution is 0.221. The summed E-state index contributed by atoms with van der Waals surface area (Å²) in [6, 6.07) is 12.2. The van der Waals surface area contributed by atoms with Crippen molar-refractivity contribution in [1.82, 2.24) is 24.3 Å². The van der Waals surface area contributed by atoms with E-state index in [1.807, 2.05) is 36.4 Å². The van der Waals surface area contributed by atoms with Crippen molar-refractivity contribution in [3.05, 3.63) is 74.4 Å². The fraction of sp³-hybridized carbons (Fsp3) is 0.485. The number of nitrogens with one attached hydrogen (secondary N) is 1. The summed E-state index contributed by atoms with van der Waals surface area (Å²) in [5.41, 5.74) is 6.41. The molecule has 3 heterocycles. The molecule has 43 heavy (non-hydrogen) atoms. The average Bonchev–Trinajstić information content (AvgIpc) is 3.76. The number of benzene rings is 2. The minimum Gasteiger partial charge on any atom is -0.310 e. The van der Waals surface area contributed by atoms with Crippen molar-refractivity contribution in [2.45, 2.75) is 70.6 Å². The number of halogens is 2. The first kappa shape index (κ1) is 30.6. The first-order chi connectivity index (χ1) is 20.7. The summed E-state index contributed by atoms with van der Waals surface area (Å²) in [5, 5.41) is 9.88. The Hall–Kier alpha value is -2.38. The average molecular weight is 641 g/mol. The second-order valence-corrected chi connectivity index (χ2v) is 14.8. The van der Waals surface area contributed by atoms with E-state index in [1.165, 1.54) is 51.4 Å². The lowest BCUT2D eigenvalue weighted by Crippen LogP contribution is -2.35. The van der Waals surface area contributed by atoms with Gasteiger partial charge in [0.2, 0.25) is 10.0 Å². The van der Waals surface area contributed by atoms with Gasteiger partial charge in [0.05, 0.1) is 17.0 Å². The number of aromatic nitrogens is 2. The molecule has 6 rings (SSSR count). The Morgan fingerprint density at radius 3 is 2.53 bits per heavy atom. The van der Waals surface area contributed by atoms with E-state index in [-0.39, 0.29) is 0 Å². The Morgan fingerprint density at radius 2 is 1.77 bits per heavy atom. The highest BCUT2D eigenvalue weighted by molar-refractivity contribution is 7.88. The van der Waals surface area contributed by atoms with Gasteiger partial charge < -0.3 is 10.2 Å². The van der Waals surface area contributed by atoms with Crippen LogP contribution in [0.5, 0.6) is 0 Å². The van der Waals surface area contributed by atoms with Crippen LogP contribution >= 0.6 is 23.2 Å². The molecule has 2 aliphatic heterocycles. The van der Waals surface area contributed by atoms with Crippen LogP contribution in [0.2, 0.25) is 10.0 Å². The predicted octanol–water partition coefficient (Wildman–Crippen LogP) is 5.70. The highest BCUT2D eigenvalue weighted by atomic mass is 35.5. The monoisotopic (exact) mass is 639 g/mol. The van der Waals surface area contributed by atoms with E-state index in [9.17, 15) is 8.42 Å². The van der Waals surface area contributed by atoms with E-state index >= 15 is 0 Å². The Bertz CT molecular complexity index is 1650. The van der Waals surface area contributed by atoms with E-state index in [1.54, 1.807) is 4.31 Å². The fourth-order valence-electron chi connectivity index (χ4n) is 6.03. The van der Waals surface area contributed by atoms with E-state index < -0.39 is 10.0 Å². The Morgan fingerprint density at radius 1 is 0.977 bits per heavy atom. The highest BCUT2D eigenvalue weighted by Gasteiger charge is 2.30. The lowest BCUT2D eigenvalue weighted by Gasteiger charge is -2.27. The molecule has 1 N–H and O–H groups in total. The van der Waals surface area contributed by atoms with Crippen molar-refractivity contribution in [1.29, 1.82) is 0 Å². The third-order valence-corrected chi connectivity index (χ3v) is 10.6. The van der Waals surface area contributed by atoms with Gasteiger partial charge in [0.15, 0.2) is 0 Å². The fourth-order valence-corrected chi connectivity index (χ4v) is 7.17. The number of piperidine rings is 1. The zero-order chi connectivity index (χ0) is 30.0. The second-order valence-electron chi connectivity index (χ2n) is 12.0. The van der Waals surface area contributed by atoms with E-state index in [0.29, 0.717) is 36.1 Å². The maximum absolute atomic E-state index is 12.5. The standard InChI is InChI=1S/C33H39Cl2N5O2S/c1-43(41,42)39-19-14-32-29(23-39)33(37-40(32)18-5-17-38-15-3-2-4-16-38)26-9-13-30(34)25(21-26)8-6-24-7-12-31(35)27(20-24)22-36-28-10-11-28/h7,9,12-13,20-21,28,36H,2-5,10-11,14-19,22-23H2,1H3. The van der Waals surface area contributed by atoms with Gasteiger partial charge in [-0.1, -0.05) is 47.5 Å². The quantitative estimate of drug-likeness (QED) is 0.304.